The highest BCUT2D eigenvalue weighted by atomic mass is 14.1. The van der Waals surface area contributed by atoms with Gasteiger partial charge in [0, 0.05) is 0 Å². The van der Waals surface area contributed by atoms with Crippen LogP contribution in [-0.4, -0.2) is 0 Å². The van der Waals surface area contributed by atoms with Crippen LogP contribution in [0.4, 0.5) is 0 Å². The van der Waals surface area contributed by atoms with Crippen molar-refractivity contribution in [2.45, 2.75) is 64.2 Å². The molecule has 0 atom stereocenters. The van der Waals surface area contributed by atoms with Gasteiger partial charge in [0.2, 0.25) is 0 Å². The molecule has 1 rings (SSSR count). The highest BCUT2D eigenvalue weighted by Gasteiger charge is 2.00. The summed E-state index contributed by atoms with van der Waals surface area (Å²) in [6, 6.07) is 0. The third-order valence-electron chi connectivity index (χ3n) is 3.35. The van der Waals surface area contributed by atoms with Crippen LogP contribution >= 0.6 is 0 Å². The fraction of sp³-hybridized carbons (Fsp3) is 0.500. The van der Waals surface area contributed by atoms with Gasteiger partial charge in [-0.3, -0.25) is 0 Å². The van der Waals surface area contributed by atoms with E-state index in [-0.39, 0.29) is 0 Å². The molecule has 0 spiro atoms. The molecule has 0 heteroatoms. The third-order valence-corrected chi connectivity index (χ3v) is 3.35. The second kappa shape index (κ2) is 12.0. The molecule has 0 aromatic heterocycles. The summed E-state index contributed by atoms with van der Waals surface area (Å²) in [6.45, 7) is 3.38. The summed E-state index contributed by atoms with van der Waals surface area (Å²) in [5.74, 6) is 0. The van der Waals surface area contributed by atoms with E-state index in [0.29, 0.717) is 0 Å². The van der Waals surface area contributed by atoms with Crippen molar-refractivity contribution in [3.63, 3.8) is 0 Å². The lowest BCUT2D eigenvalue weighted by molar-refractivity contribution is 0.585. The maximum Gasteiger partial charge on any atom is -0.0000224 e. The molecule has 0 bridgehead atoms. The van der Waals surface area contributed by atoms with Crippen molar-refractivity contribution in [2.75, 3.05) is 0 Å². The molecule has 0 aliphatic heterocycles. The van der Waals surface area contributed by atoms with E-state index in [2.05, 4.69) is 52.4 Å². The van der Waals surface area contributed by atoms with Crippen molar-refractivity contribution in [2.24, 2.45) is 0 Å². The smallest absolute Gasteiger partial charge is 0.0000224 e. The van der Waals surface area contributed by atoms with Crippen LogP contribution in [0.3, 0.4) is 0 Å². The molecule has 102 valence electrons. The van der Waals surface area contributed by atoms with E-state index in [9.17, 15) is 0 Å². The first-order valence-electron chi connectivity index (χ1n) is 7.56. The highest BCUT2D eigenvalue weighted by Crippen LogP contribution is 2.19. The van der Waals surface area contributed by atoms with Crippen molar-refractivity contribution in [1.82, 2.24) is 0 Å². The van der Waals surface area contributed by atoms with Gasteiger partial charge in [0.05, 0.1) is 0 Å². The van der Waals surface area contributed by atoms with Gasteiger partial charge in [0.1, 0.15) is 0 Å². The number of hydrogen-bond acceptors (Lipinski definition) is 0. The van der Waals surface area contributed by atoms with Crippen LogP contribution in [0.15, 0.2) is 58.0 Å². The molecular weight excluding hydrogens is 240 g/mol. The van der Waals surface area contributed by atoms with Gasteiger partial charge < -0.3 is 0 Å². The molecule has 0 unspecified atom stereocenters. The minimum atomic E-state index is 1.15. The van der Waals surface area contributed by atoms with Gasteiger partial charge in [-0.2, -0.15) is 0 Å². The van der Waals surface area contributed by atoms with Gasteiger partial charge in [-0.05, 0) is 72.2 Å². The van der Waals surface area contributed by atoms with Crippen LogP contribution in [0.25, 0.3) is 0 Å². The average Bonchev–Trinajstić information content (AvgIpc) is 2.52. The zero-order valence-electron chi connectivity index (χ0n) is 12.3. The SMILES string of the molecule is C=C=C=C=C=C=C=C=C=C1CCCCCCCCCC1. The van der Waals surface area contributed by atoms with Crippen LogP contribution in [-0.2, 0) is 0 Å². The Kier molecular flexibility index (Phi) is 9.65. The average molecular weight is 262 g/mol. The van der Waals surface area contributed by atoms with Crippen molar-refractivity contribution < 1.29 is 0 Å². The minimum absolute atomic E-state index is 1.15. The quantitative estimate of drug-likeness (QED) is 0.491. The predicted octanol–water partition coefficient (Wildman–Crippen LogP) is 5.70. The van der Waals surface area contributed by atoms with Gasteiger partial charge in [-0.15, -0.1) is 0 Å². The first kappa shape index (κ1) is 16.0. The molecule has 0 radical (unpaired) electrons. The molecule has 0 aromatic rings. The van der Waals surface area contributed by atoms with E-state index in [1.54, 1.807) is 0 Å². The van der Waals surface area contributed by atoms with Crippen LogP contribution in [0, 0.1) is 0 Å². The minimum Gasteiger partial charge on any atom is -0.0687 e. The molecule has 1 aliphatic carbocycles. The lowest BCUT2D eigenvalue weighted by atomic mass is 10.0. The van der Waals surface area contributed by atoms with E-state index in [0.717, 1.165) is 12.8 Å². The number of rotatable bonds is 0. The van der Waals surface area contributed by atoms with E-state index in [4.69, 9.17) is 0 Å². The number of allylic oxidation sites excluding steroid dienone is 1. The first-order chi connectivity index (χ1) is 9.93. The van der Waals surface area contributed by atoms with E-state index < -0.39 is 0 Å². The second-order valence-corrected chi connectivity index (χ2v) is 4.98. The molecule has 1 aliphatic rings. The summed E-state index contributed by atoms with van der Waals surface area (Å²) in [5, 5.41) is 0. The van der Waals surface area contributed by atoms with E-state index in [1.165, 1.54) is 56.9 Å². The summed E-state index contributed by atoms with van der Waals surface area (Å²) >= 11 is 0. The van der Waals surface area contributed by atoms with Gasteiger partial charge in [0.15, 0.2) is 0 Å². The zero-order chi connectivity index (χ0) is 14.3. The lowest BCUT2D eigenvalue weighted by Gasteiger charge is -2.02. The summed E-state index contributed by atoms with van der Waals surface area (Å²) in [6.07, 6.45) is 13.1. The summed E-state index contributed by atoms with van der Waals surface area (Å²) in [5.41, 5.74) is 23.2. The summed E-state index contributed by atoms with van der Waals surface area (Å²) in [7, 11) is 0. The largest absolute Gasteiger partial charge is 0.0687 e. The third kappa shape index (κ3) is 8.98. The topological polar surface area (TPSA) is 0 Å². The molecule has 0 heterocycles. The Morgan fingerprint density at radius 2 is 1.00 bits per heavy atom. The maximum atomic E-state index is 3.38. The molecular formula is C20H22. The maximum absolute atomic E-state index is 3.38. The monoisotopic (exact) mass is 262 g/mol. The Hall–Kier alpha value is -2.02. The van der Waals surface area contributed by atoms with Gasteiger partial charge in [-0.25, -0.2) is 0 Å². The van der Waals surface area contributed by atoms with Crippen molar-refractivity contribution in [3.05, 3.63) is 58.0 Å². The normalized spacial score (nSPS) is 15.5. The molecule has 0 nitrogen and oxygen atoms in total. The molecule has 0 saturated heterocycles. The molecule has 0 aromatic carbocycles. The standard InChI is InChI=1S/C20H22/c1-2-3-4-5-8-11-14-17-20-18-15-12-9-6-7-10-13-16-19-20/h1,6-7,9-10,12-13,15-16,18-19H2. The second-order valence-electron chi connectivity index (χ2n) is 4.98. The number of hydrogen-bond donors (Lipinski definition) is 0. The molecule has 1 fully saturated rings. The fourth-order valence-corrected chi connectivity index (χ4v) is 2.28. The Bertz CT molecular complexity index is 568. The molecule has 1 saturated carbocycles. The zero-order valence-corrected chi connectivity index (χ0v) is 12.3. The lowest BCUT2D eigenvalue weighted by Crippen LogP contribution is -1.83. The van der Waals surface area contributed by atoms with Gasteiger partial charge in [0.25, 0.3) is 0 Å². The van der Waals surface area contributed by atoms with Crippen molar-refractivity contribution in [1.29, 1.82) is 0 Å². The van der Waals surface area contributed by atoms with E-state index >= 15 is 0 Å². The van der Waals surface area contributed by atoms with Gasteiger partial charge >= 0.3 is 0 Å². The summed E-state index contributed by atoms with van der Waals surface area (Å²) in [4.78, 5) is 0. The molecule has 20 heavy (non-hydrogen) atoms. The first-order valence-corrected chi connectivity index (χ1v) is 7.56. The Morgan fingerprint density at radius 3 is 1.55 bits per heavy atom. The van der Waals surface area contributed by atoms with Crippen LogP contribution in [0.5, 0.6) is 0 Å². The molecule has 0 N–H and O–H groups in total. The molecule has 0 amide bonds. The van der Waals surface area contributed by atoms with Crippen LogP contribution in [0.2, 0.25) is 0 Å². The predicted molar refractivity (Wildman–Crippen MR) is 83.4 cm³/mol. The Balaban J connectivity index is 2.84. The van der Waals surface area contributed by atoms with E-state index in [1.807, 2.05) is 0 Å². The van der Waals surface area contributed by atoms with Crippen molar-refractivity contribution in [3.8, 4) is 0 Å². The fourth-order valence-electron chi connectivity index (χ4n) is 2.28. The summed E-state index contributed by atoms with van der Waals surface area (Å²) < 4.78 is 0. The highest BCUT2D eigenvalue weighted by molar-refractivity contribution is 5.02. The van der Waals surface area contributed by atoms with Gasteiger partial charge in [-0.1, -0.05) is 50.0 Å². The Morgan fingerprint density at radius 1 is 0.550 bits per heavy atom. The Labute approximate surface area is 122 Å². The van der Waals surface area contributed by atoms with Crippen LogP contribution in [0.1, 0.15) is 64.2 Å². The van der Waals surface area contributed by atoms with Crippen LogP contribution < -0.4 is 0 Å². The van der Waals surface area contributed by atoms with Crippen molar-refractivity contribution >= 4 is 0 Å².